The summed E-state index contributed by atoms with van der Waals surface area (Å²) >= 11 is 5.86. The van der Waals surface area contributed by atoms with Gasteiger partial charge in [0.2, 0.25) is 0 Å². The number of carboxylic acid groups (broad SMARTS) is 1. The fourth-order valence-electron chi connectivity index (χ4n) is 3.47. The predicted octanol–water partition coefficient (Wildman–Crippen LogP) is 3.15. The van der Waals surface area contributed by atoms with Crippen molar-refractivity contribution in [2.24, 2.45) is 5.92 Å². The summed E-state index contributed by atoms with van der Waals surface area (Å²) in [6, 6.07) is 7.20. The maximum atomic E-state index is 12.4. The van der Waals surface area contributed by atoms with Crippen LogP contribution in [0.5, 0.6) is 5.75 Å². The molecule has 3 rings (SSSR count). The molecule has 1 heterocycles. The molecule has 1 aliphatic heterocycles. The number of aliphatic carboxylic acids is 1. The highest BCUT2D eigenvalue weighted by atomic mass is 35.5. The zero-order chi connectivity index (χ0) is 17.8. The van der Waals surface area contributed by atoms with Crippen LogP contribution < -0.4 is 10.1 Å². The highest BCUT2D eigenvalue weighted by molar-refractivity contribution is 6.30. The van der Waals surface area contributed by atoms with Gasteiger partial charge in [0.15, 0.2) is 0 Å². The lowest BCUT2D eigenvalue weighted by atomic mass is 9.86. The number of hydrogen-bond donors (Lipinski definition) is 2. The fraction of sp³-hybridized carbons (Fsp3) is 0.556. The Labute approximate surface area is 152 Å². The second-order valence-corrected chi connectivity index (χ2v) is 7.20. The van der Waals surface area contributed by atoms with Crippen LogP contribution in [0.3, 0.4) is 0 Å². The van der Waals surface area contributed by atoms with Crippen molar-refractivity contribution in [2.75, 3.05) is 13.1 Å². The smallest absolute Gasteiger partial charge is 0.317 e. The van der Waals surface area contributed by atoms with E-state index in [4.69, 9.17) is 21.4 Å². The Morgan fingerprint density at radius 3 is 2.44 bits per heavy atom. The van der Waals surface area contributed by atoms with Gasteiger partial charge < -0.3 is 20.1 Å². The minimum absolute atomic E-state index is 0.0188. The lowest BCUT2D eigenvalue weighted by Gasteiger charge is -2.28. The fourth-order valence-corrected chi connectivity index (χ4v) is 3.59. The number of amides is 2. The Morgan fingerprint density at radius 1 is 1.12 bits per heavy atom. The van der Waals surface area contributed by atoms with E-state index in [0.29, 0.717) is 31.0 Å². The van der Waals surface area contributed by atoms with Gasteiger partial charge in [-0.05, 0) is 49.9 Å². The van der Waals surface area contributed by atoms with E-state index in [0.717, 1.165) is 25.0 Å². The molecular formula is C18H23ClN2O4. The molecule has 2 aliphatic rings. The Hall–Kier alpha value is -1.95. The maximum absolute atomic E-state index is 12.4. The van der Waals surface area contributed by atoms with Gasteiger partial charge in [-0.25, -0.2) is 4.79 Å². The third kappa shape index (κ3) is 4.78. The number of rotatable bonds is 4. The van der Waals surface area contributed by atoms with E-state index in [-0.39, 0.29) is 24.1 Å². The Balaban J connectivity index is 1.43. The van der Waals surface area contributed by atoms with Crippen molar-refractivity contribution in [3.05, 3.63) is 29.3 Å². The van der Waals surface area contributed by atoms with Crippen molar-refractivity contribution in [3.63, 3.8) is 0 Å². The first kappa shape index (κ1) is 17.9. The molecule has 1 aromatic rings. The molecule has 1 atom stereocenters. The monoisotopic (exact) mass is 366 g/mol. The van der Waals surface area contributed by atoms with E-state index < -0.39 is 5.97 Å². The summed E-state index contributed by atoms with van der Waals surface area (Å²) < 4.78 is 5.90. The van der Waals surface area contributed by atoms with Gasteiger partial charge in [-0.2, -0.15) is 0 Å². The molecular weight excluding hydrogens is 344 g/mol. The quantitative estimate of drug-likeness (QED) is 0.858. The molecule has 1 aliphatic carbocycles. The van der Waals surface area contributed by atoms with Gasteiger partial charge in [0, 0.05) is 24.0 Å². The maximum Gasteiger partial charge on any atom is 0.317 e. The molecule has 1 saturated heterocycles. The lowest BCUT2D eigenvalue weighted by Crippen LogP contribution is -2.46. The summed E-state index contributed by atoms with van der Waals surface area (Å²) in [5.41, 5.74) is 0. The second kappa shape index (κ2) is 7.95. The zero-order valence-corrected chi connectivity index (χ0v) is 14.7. The third-order valence-electron chi connectivity index (χ3n) is 4.95. The van der Waals surface area contributed by atoms with E-state index in [9.17, 15) is 9.59 Å². The molecule has 7 heteroatoms. The molecule has 136 valence electrons. The molecule has 0 bridgehead atoms. The van der Waals surface area contributed by atoms with Crippen LogP contribution in [0, 0.1) is 5.92 Å². The Bertz CT molecular complexity index is 614. The molecule has 2 N–H and O–H groups in total. The molecule has 6 nitrogen and oxygen atoms in total. The molecule has 25 heavy (non-hydrogen) atoms. The summed E-state index contributed by atoms with van der Waals surface area (Å²) in [6.45, 7) is 1.22. The van der Waals surface area contributed by atoms with E-state index in [1.165, 1.54) is 0 Å². The molecule has 2 amide bonds. The normalized spacial score (nSPS) is 26.3. The number of ether oxygens (including phenoxy) is 1. The molecule has 1 unspecified atom stereocenters. The first-order chi connectivity index (χ1) is 12.0. The van der Waals surface area contributed by atoms with Gasteiger partial charge in [-0.3, -0.25) is 4.79 Å². The standard InChI is InChI=1S/C18H23ClN2O4/c19-13-3-7-15(8-4-13)25-16-9-10-21(11-16)18(24)20-14-5-1-12(2-6-14)17(22)23/h3-4,7-8,12,14,16H,1-2,5-6,9-11H2,(H,20,24)(H,22,23). The van der Waals surface area contributed by atoms with Crippen LogP contribution in [0.4, 0.5) is 4.79 Å². The minimum Gasteiger partial charge on any atom is -0.489 e. The Kier molecular flexibility index (Phi) is 5.68. The van der Waals surface area contributed by atoms with Gasteiger partial charge >= 0.3 is 12.0 Å². The van der Waals surface area contributed by atoms with Crippen LogP contribution in [0.2, 0.25) is 5.02 Å². The number of carbonyl (C=O) groups is 2. The van der Waals surface area contributed by atoms with Crippen molar-refractivity contribution < 1.29 is 19.4 Å². The van der Waals surface area contributed by atoms with Crippen LogP contribution in [-0.4, -0.2) is 47.2 Å². The number of benzene rings is 1. The van der Waals surface area contributed by atoms with Crippen molar-refractivity contribution in [2.45, 2.75) is 44.2 Å². The number of halogens is 1. The summed E-state index contributed by atoms with van der Waals surface area (Å²) in [5.74, 6) is -0.243. The third-order valence-corrected chi connectivity index (χ3v) is 5.20. The largest absolute Gasteiger partial charge is 0.489 e. The van der Waals surface area contributed by atoms with Crippen molar-refractivity contribution in [1.29, 1.82) is 0 Å². The number of carboxylic acids is 1. The predicted molar refractivity (Wildman–Crippen MR) is 94.0 cm³/mol. The topological polar surface area (TPSA) is 78.9 Å². The average molecular weight is 367 g/mol. The van der Waals surface area contributed by atoms with E-state index >= 15 is 0 Å². The molecule has 1 saturated carbocycles. The van der Waals surface area contributed by atoms with E-state index in [1.54, 1.807) is 17.0 Å². The molecule has 2 fully saturated rings. The van der Waals surface area contributed by atoms with Gasteiger partial charge in [0.05, 0.1) is 12.5 Å². The lowest BCUT2D eigenvalue weighted by molar-refractivity contribution is -0.142. The van der Waals surface area contributed by atoms with Crippen molar-refractivity contribution in [3.8, 4) is 5.75 Å². The van der Waals surface area contributed by atoms with Crippen molar-refractivity contribution >= 4 is 23.6 Å². The summed E-state index contributed by atoms with van der Waals surface area (Å²) in [5, 5.41) is 12.7. The van der Waals surface area contributed by atoms with E-state index in [2.05, 4.69) is 5.32 Å². The van der Waals surface area contributed by atoms with Crippen molar-refractivity contribution in [1.82, 2.24) is 10.2 Å². The average Bonchev–Trinajstić information content (AvgIpc) is 3.06. The SMILES string of the molecule is O=C(O)C1CCC(NC(=O)N2CCC(Oc3ccc(Cl)cc3)C2)CC1. The van der Waals surface area contributed by atoms with Crippen LogP contribution in [0.15, 0.2) is 24.3 Å². The van der Waals surface area contributed by atoms with Crippen LogP contribution in [-0.2, 0) is 4.79 Å². The summed E-state index contributed by atoms with van der Waals surface area (Å²) in [4.78, 5) is 25.1. The van der Waals surface area contributed by atoms with Crippen LogP contribution in [0.1, 0.15) is 32.1 Å². The summed E-state index contributed by atoms with van der Waals surface area (Å²) in [7, 11) is 0. The minimum atomic E-state index is -0.730. The number of nitrogens with zero attached hydrogens (tertiary/aromatic N) is 1. The number of nitrogens with one attached hydrogen (secondary N) is 1. The highest BCUT2D eigenvalue weighted by Crippen LogP contribution is 2.25. The summed E-state index contributed by atoms with van der Waals surface area (Å²) in [6.07, 6.45) is 3.48. The number of hydrogen-bond acceptors (Lipinski definition) is 3. The molecule has 0 aromatic heterocycles. The molecule has 1 aromatic carbocycles. The van der Waals surface area contributed by atoms with Gasteiger partial charge in [0.25, 0.3) is 0 Å². The van der Waals surface area contributed by atoms with Gasteiger partial charge in [-0.15, -0.1) is 0 Å². The van der Waals surface area contributed by atoms with Gasteiger partial charge in [-0.1, -0.05) is 11.6 Å². The first-order valence-electron chi connectivity index (χ1n) is 8.71. The second-order valence-electron chi connectivity index (χ2n) is 6.76. The van der Waals surface area contributed by atoms with Crippen LogP contribution >= 0.6 is 11.6 Å². The first-order valence-corrected chi connectivity index (χ1v) is 9.09. The van der Waals surface area contributed by atoms with E-state index in [1.807, 2.05) is 12.1 Å². The number of likely N-dealkylation sites (tertiary alicyclic amines) is 1. The van der Waals surface area contributed by atoms with Gasteiger partial charge in [0.1, 0.15) is 11.9 Å². The Morgan fingerprint density at radius 2 is 1.80 bits per heavy atom. The molecule has 0 spiro atoms. The zero-order valence-electron chi connectivity index (χ0n) is 14.0. The van der Waals surface area contributed by atoms with Crippen LogP contribution in [0.25, 0.3) is 0 Å². The number of carbonyl (C=O) groups excluding carboxylic acids is 1. The molecule has 0 radical (unpaired) electrons. The highest BCUT2D eigenvalue weighted by Gasteiger charge is 2.31. The number of urea groups is 1.